The largest absolute Gasteiger partial charge is 0.492 e. The third-order valence-electron chi connectivity index (χ3n) is 10.4. The van der Waals surface area contributed by atoms with E-state index in [-0.39, 0.29) is 35.5 Å². The van der Waals surface area contributed by atoms with Crippen molar-refractivity contribution in [3.05, 3.63) is 102 Å². The summed E-state index contributed by atoms with van der Waals surface area (Å²) >= 11 is 0. The molecule has 336 valence electrons. The number of esters is 6. The molecule has 1 aliphatic carbocycles. The second-order valence-corrected chi connectivity index (χ2v) is 16.0. The van der Waals surface area contributed by atoms with Gasteiger partial charge in [-0.1, -0.05) is 83.2 Å². The van der Waals surface area contributed by atoms with Crippen LogP contribution in [-0.2, 0) is 76.5 Å². The van der Waals surface area contributed by atoms with E-state index >= 15 is 0 Å². The molecule has 0 heterocycles. The van der Waals surface area contributed by atoms with E-state index in [1.165, 1.54) is 50.2 Å². The SMILES string of the molecule is C=C(C)C(=O)OCCCc1cc(-c2ccc3c(c2)CC(CCCCCC)C3)ccc1OCC(COC(=O)CC(=C)C(=O)OC)(COC(=O)CC(=C)C(=O)OC)COC(=O)C(=C)C. The topological polar surface area (TPSA) is 167 Å². The van der Waals surface area contributed by atoms with Gasteiger partial charge in [-0.3, -0.25) is 9.59 Å². The number of hydrogen-bond acceptors (Lipinski definition) is 13. The van der Waals surface area contributed by atoms with Crippen LogP contribution >= 0.6 is 0 Å². The van der Waals surface area contributed by atoms with E-state index in [4.69, 9.17) is 23.7 Å². The zero-order chi connectivity index (χ0) is 45.8. The maximum absolute atomic E-state index is 13.0. The fourth-order valence-corrected chi connectivity index (χ4v) is 6.77. The monoisotopic (exact) mass is 858 g/mol. The van der Waals surface area contributed by atoms with E-state index in [1.807, 2.05) is 12.1 Å². The molecule has 13 heteroatoms. The quantitative estimate of drug-likeness (QED) is 0.0369. The summed E-state index contributed by atoms with van der Waals surface area (Å²) in [5.41, 5.74) is 3.96. The number of ether oxygens (including phenoxy) is 7. The first kappa shape index (κ1) is 50.4. The van der Waals surface area contributed by atoms with E-state index in [1.54, 1.807) is 13.0 Å². The minimum Gasteiger partial charge on any atom is -0.492 e. The van der Waals surface area contributed by atoms with Crippen LogP contribution < -0.4 is 4.74 Å². The first-order valence-electron chi connectivity index (χ1n) is 20.9. The molecular weight excluding hydrogens is 797 g/mol. The molecule has 0 aliphatic heterocycles. The summed E-state index contributed by atoms with van der Waals surface area (Å²) in [6.07, 6.45) is 8.14. The molecule has 0 spiro atoms. The number of unbranched alkanes of at least 4 members (excludes halogenated alkanes) is 3. The minimum absolute atomic E-state index is 0.0804. The van der Waals surface area contributed by atoms with Crippen molar-refractivity contribution in [1.29, 1.82) is 0 Å². The molecule has 62 heavy (non-hydrogen) atoms. The summed E-state index contributed by atoms with van der Waals surface area (Å²) < 4.78 is 37.9. The molecule has 0 radical (unpaired) electrons. The maximum Gasteiger partial charge on any atom is 0.333 e. The van der Waals surface area contributed by atoms with Crippen molar-refractivity contribution < 1.29 is 61.9 Å². The predicted molar refractivity (Wildman–Crippen MR) is 233 cm³/mol. The van der Waals surface area contributed by atoms with Crippen molar-refractivity contribution in [1.82, 2.24) is 0 Å². The number of methoxy groups -OCH3 is 2. The molecule has 0 saturated heterocycles. The van der Waals surface area contributed by atoms with Crippen LogP contribution in [0.2, 0.25) is 0 Å². The van der Waals surface area contributed by atoms with Gasteiger partial charge >= 0.3 is 35.8 Å². The van der Waals surface area contributed by atoms with Gasteiger partial charge in [0.1, 0.15) is 37.6 Å². The molecule has 0 saturated carbocycles. The standard InChI is InChI=1S/C49H62O13/c1-10-11-12-13-15-36-24-37-17-18-38(27-41(37)25-36)39-19-20-42(40(26-39)16-14-21-58-45(52)32(2)3)59-28-49(31-62-46(53)33(4)5,29-60-43(50)22-34(6)47(54)56-8)30-61-44(51)23-35(7)48(55)57-9/h17-20,26-27,36H,2,4,6-7,10-16,21-25,28-31H2,1,3,5,8-9H3. The Balaban J connectivity index is 1.99. The maximum atomic E-state index is 13.0. The molecule has 2 aromatic carbocycles. The van der Waals surface area contributed by atoms with E-state index in [0.717, 1.165) is 43.8 Å². The number of hydrogen-bond donors (Lipinski definition) is 0. The fraction of sp³-hybridized carbons (Fsp3) is 0.469. The van der Waals surface area contributed by atoms with Crippen LogP contribution in [0, 0.1) is 11.3 Å². The fourth-order valence-electron chi connectivity index (χ4n) is 6.77. The van der Waals surface area contributed by atoms with Crippen LogP contribution in [0.3, 0.4) is 0 Å². The molecule has 1 aliphatic rings. The molecule has 1 atom stereocenters. The molecule has 2 aromatic rings. The van der Waals surface area contributed by atoms with Crippen molar-refractivity contribution in [2.75, 3.05) is 47.3 Å². The Bertz CT molecular complexity index is 1940. The molecule has 0 aromatic heterocycles. The van der Waals surface area contributed by atoms with E-state index in [2.05, 4.69) is 60.9 Å². The summed E-state index contributed by atoms with van der Waals surface area (Å²) in [7, 11) is 2.29. The number of rotatable bonds is 27. The van der Waals surface area contributed by atoms with Crippen molar-refractivity contribution in [2.24, 2.45) is 11.3 Å². The minimum atomic E-state index is -1.55. The van der Waals surface area contributed by atoms with E-state index in [9.17, 15) is 28.8 Å². The van der Waals surface area contributed by atoms with Crippen LogP contribution in [0.15, 0.2) is 85.0 Å². The molecule has 0 fully saturated rings. The highest BCUT2D eigenvalue weighted by atomic mass is 16.6. The van der Waals surface area contributed by atoms with E-state index < -0.39 is 73.9 Å². The third kappa shape index (κ3) is 16.1. The van der Waals surface area contributed by atoms with Gasteiger partial charge in [0.15, 0.2) is 0 Å². The van der Waals surface area contributed by atoms with Gasteiger partial charge in [0.05, 0.1) is 33.7 Å². The molecule has 1 unspecified atom stereocenters. The van der Waals surface area contributed by atoms with Gasteiger partial charge in [0.2, 0.25) is 0 Å². The van der Waals surface area contributed by atoms with Crippen molar-refractivity contribution in [2.45, 2.75) is 91.4 Å². The Morgan fingerprint density at radius 2 is 1.18 bits per heavy atom. The zero-order valence-electron chi connectivity index (χ0n) is 37.0. The Labute approximate surface area is 365 Å². The van der Waals surface area contributed by atoms with Gasteiger partial charge in [-0.2, -0.15) is 0 Å². The second-order valence-electron chi connectivity index (χ2n) is 16.0. The highest BCUT2D eigenvalue weighted by Gasteiger charge is 2.38. The van der Waals surface area contributed by atoms with Gasteiger partial charge in [-0.15, -0.1) is 0 Å². The summed E-state index contributed by atoms with van der Waals surface area (Å²) in [6.45, 7) is 17.9. The van der Waals surface area contributed by atoms with Crippen LogP contribution in [0.1, 0.15) is 88.8 Å². The van der Waals surface area contributed by atoms with Gasteiger partial charge < -0.3 is 33.2 Å². The van der Waals surface area contributed by atoms with Crippen molar-refractivity contribution >= 4 is 35.8 Å². The zero-order valence-corrected chi connectivity index (χ0v) is 37.0. The van der Waals surface area contributed by atoms with Crippen LogP contribution in [-0.4, -0.2) is 83.1 Å². The lowest BCUT2D eigenvalue weighted by Gasteiger charge is -2.32. The van der Waals surface area contributed by atoms with Crippen LogP contribution in [0.4, 0.5) is 0 Å². The smallest absolute Gasteiger partial charge is 0.333 e. The Morgan fingerprint density at radius 3 is 1.76 bits per heavy atom. The lowest BCUT2D eigenvalue weighted by Crippen LogP contribution is -2.44. The number of carbonyl (C=O) groups is 6. The van der Waals surface area contributed by atoms with Crippen LogP contribution in [0.25, 0.3) is 11.1 Å². The molecule has 13 nitrogen and oxygen atoms in total. The average Bonchev–Trinajstić information content (AvgIpc) is 3.67. The van der Waals surface area contributed by atoms with Crippen molar-refractivity contribution in [3.63, 3.8) is 0 Å². The third-order valence-corrected chi connectivity index (χ3v) is 10.4. The van der Waals surface area contributed by atoms with Gasteiger partial charge in [0, 0.05) is 22.3 Å². The average molecular weight is 859 g/mol. The highest BCUT2D eigenvalue weighted by Crippen LogP contribution is 2.36. The Morgan fingerprint density at radius 1 is 0.629 bits per heavy atom. The number of fused-ring (bicyclic) bond motifs is 1. The van der Waals surface area contributed by atoms with Crippen molar-refractivity contribution in [3.8, 4) is 16.9 Å². The predicted octanol–water partition coefficient (Wildman–Crippen LogP) is 7.90. The van der Waals surface area contributed by atoms with Gasteiger partial charge in [-0.05, 0) is 91.8 Å². The number of aryl methyl sites for hydroxylation is 1. The molecule has 0 amide bonds. The Hall–Kier alpha value is -5.98. The highest BCUT2D eigenvalue weighted by molar-refractivity contribution is 5.94. The van der Waals surface area contributed by atoms with E-state index in [0.29, 0.717) is 24.5 Å². The lowest BCUT2D eigenvalue weighted by molar-refractivity contribution is -0.163. The summed E-state index contributed by atoms with van der Waals surface area (Å²) in [5.74, 6) is -3.56. The molecular formula is C49H62O13. The molecule has 3 rings (SSSR count). The summed E-state index contributed by atoms with van der Waals surface area (Å²) in [5, 5.41) is 0. The van der Waals surface area contributed by atoms with Gasteiger partial charge in [-0.25, -0.2) is 19.2 Å². The lowest BCUT2D eigenvalue weighted by atomic mass is 9.91. The van der Waals surface area contributed by atoms with Crippen LogP contribution in [0.5, 0.6) is 5.75 Å². The summed E-state index contributed by atoms with van der Waals surface area (Å²) in [6, 6.07) is 12.3. The molecule has 0 bridgehead atoms. The van der Waals surface area contributed by atoms with Gasteiger partial charge in [0.25, 0.3) is 0 Å². The first-order valence-corrected chi connectivity index (χ1v) is 20.9. The normalized spacial score (nSPS) is 12.9. The number of carbonyl (C=O) groups excluding carboxylic acids is 6. The molecule has 0 N–H and O–H groups in total. The number of benzene rings is 2. The first-order chi connectivity index (χ1) is 29.5. The second kappa shape index (κ2) is 25.1. The Kier molecular flexibility index (Phi) is 20.4. The summed E-state index contributed by atoms with van der Waals surface area (Å²) in [4.78, 5) is 74.8.